The smallest absolute Gasteiger partial charge is 0.316 e. The summed E-state index contributed by atoms with van der Waals surface area (Å²) in [7, 11) is 1.44. The van der Waals surface area contributed by atoms with Crippen molar-refractivity contribution in [3.63, 3.8) is 0 Å². The number of hydrogen-bond donors (Lipinski definition) is 0. The van der Waals surface area contributed by atoms with Crippen molar-refractivity contribution in [2.75, 3.05) is 13.7 Å². The molecule has 0 spiro atoms. The van der Waals surface area contributed by atoms with E-state index in [0.717, 1.165) is 24.8 Å². The number of carbonyl (C=O) groups excluding carboxylic acids is 1. The molecule has 4 nitrogen and oxygen atoms in total. The Morgan fingerprint density at radius 2 is 2.20 bits per heavy atom. The van der Waals surface area contributed by atoms with Crippen LogP contribution in [0.15, 0.2) is 30.3 Å². The maximum atomic E-state index is 12.2. The van der Waals surface area contributed by atoms with Crippen LogP contribution in [-0.2, 0) is 25.6 Å². The molecule has 20 heavy (non-hydrogen) atoms. The molecule has 2 aliphatic rings. The third kappa shape index (κ3) is 2.45. The molecule has 1 aliphatic carbocycles. The molecule has 3 atom stereocenters. The topological polar surface area (TPSA) is 48.1 Å². The van der Waals surface area contributed by atoms with Crippen LogP contribution in [0.1, 0.15) is 24.8 Å². The lowest BCUT2D eigenvalue weighted by Gasteiger charge is -2.31. The zero-order valence-corrected chi connectivity index (χ0v) is 11.7. The summed E-state index contributed by atoms with van der Waals surface area (Å²) < 4.78 is 16.4. The van der Waals surface area contributed by atoms with Crippen molar-refractivity contribution in [2.24, 2.45) is 5.41 Å². The molecule has 0 unspecified atom stereocenters. The van der Waals surface area contributed by atoms with Gasteiger partial charge in [0.2, 0.25) is 0 Å². The molecule has 1 saturated heterocycles. The third-order valence-electron chi connectivity index (χ3n) is 4.30. The summed E-state index contributed by atoms with van der Waals surface area (Å²) >= 11 is 0. The second-order valence-electron chi connectivity index (χ2n) is 5.61. The van der Waals surface area contributed by atoms with Gasteiger partial charge in [0.05, 0.1) is 26.4 Å². The fraction of sp³-hybridized carbons (Fsp3) is 0.562. The van der Waals surface area contributed by atoms with Gasteiger partial charge in [0.15, 0.2) is 0 Å². The highest BCUT2D eigenvalue weighted by atomic mass is 16.6. The minimum Gasteiger partial charge on any atom is -0.468 e. The average Bonchev–Trinajstić information content (AvgIpc) is 3.28. The molecule has 1 saturated carbocycles. The van der Waals surface area contributed by atoms with Crippen molar-refractivity contribution in [2.45, 2.75) is 38.1 Å². The van der Waals surface area contributed by atoms with E-state index in [1.165, 1.54) is 7.11 Å². The lowest BCUT2D eigenvalue weighted by molar-refractivity contribution is -0.160. The van der Waals surface area contributed by atoms with Gasteiger partial charge in [-0.05, 0) is 24.8 Å². The molecule has 0 radical (unpaired) electrons. The Labute approximate surface area is 119 Å². The standard InChI is InChI=1S/C16H20O4/c1-18-15(17)16(9-5-8-13-14(16)20-13)11-19-10-12-6-3-2-4-7-12/h2-4,6-7,13-14H,5,8-11H2,1H3/t13-,14+,16+/m1/s1. The van der Waals surface area contributed by atoms with Crippen molar-refractivity contribution >= 4 is 5.97 Å². The van der Waals surface area contributed by atoms with Crippen LogP contribution in [0.25, 0.3) is 0 Å². The first kappa shape index (κ1) is 13.6. The predicted octanol–water partition coefficient (Wildman–Crippen LogP) is 2.31. The highest BCUT2D eigenvalue weighted by molar-refractivity contribution is 5.78. The first-order chi connectivity index (χ1) is 9.76. The quantitative estimate of drug-likeness (QED) is 0.611. The van der Waals surface area contributed by atoms with Crippen LogP contribution in [-0.4, -0.2) is 31.9 Å². The third-order valence-corrected chi connectivity index (χ3v) is 4.30. The zero-order chi connectivity index (χ0) is 14.0. The highest BCUT2D eigenvalue weighted by Crippen LogP contribution is 2.50. The summed E-state index contributed by atoms with van der Waals surface area (Å²) in [6.07, 6.45) is 3.03. The summed E-state index contributed by atoms with van der Waals surface area (Å²) in [5.41, 5.74) is 0.503. The lowest BCUT2D eigenvalue weighted by atomic mass is 9.74. The molecule has 4 heteroatoms. The summed E-state index contributed by atoms with van der Waals surface area (Å²) in [6.45, 7) is 0.882. The molecule has 1 aromatic carbocycles. The molecule has 1 heterocycles. The normalized spacial score (nSPS) is 31.4. The largest absolute Gasteiger partial charge is 0.468 e. The molecular weight excluding hydrogens is 256 g/mol. The van der Waals surface area contributed by atoms with Gasteiger partial charge in [0.1, 0.15) is 11.5 Å². The molecule has 3 rings (SSSR count). The summed E-state index contributed by atoms with van der Waals surface area (Å²) in [5.74, 6) is -0.197. The second kappa shape index (κ2) is 5.54. The summed E-state index contributed by atoms with van der Waals surface area (Å²) in [6, 6.07) is 9.97. The van der Waals surface area contributed by atoms with E-state index in [1.54, 1.807) is 0 Å². The molecular formula is C16H20O4. The predicted molar refractivity (Wildman–Crippen MR) is 73.1 cm³/mol. The molecule has 1 aromatic rings. The van der Waals surface area contributed by atoms with Crippen LogP contribution in [0.4, 0.5) is 0 Å². The van der Waals surface area contributed by atoms with E-state index in [9.17, 15) is 4.79 Å². The van der Waals surface area contributed by atoms with E-state index < -0.39 is 5.41 Å². The van der Waals surface area contributed by atoms with E-state index in [-0.39, 0.29) is 18.2 Å². The minimum atomic E-state index is -0.605. The first-order valence-corrected chi connectivity index (χ1v) is 7.12. The Hall–Kier alpha value is -1.39. The van der Waals surface area contributed by atoms with Crippen molar-refractivity contribution in [1.82, 2.24) is 0 Å². The van der Waals surface area contributed by atoms with E-state index in [1.807, 2.05) is 30.3 Å². The van der Waals surface area contributed by atoms with Crippen LogP contribution in [0.3, 0.4) is 0 Å². The Kier molecular flexibility index (Phi) is 3.76. The molecule has 0 bridgehead atoms. The Bertz CT molecular complexity index is 473. The lowest BCUT2D eigenvalue weighted by Crippen LogP contribution is -2.44. The average molecular weight is 276 g/mol. The van der Waals surface area contributed by atoms with Crippen molar-refractivity contribution < 1.29 is 19.0 Å². The van der Waals surface area contributed by atoms with Gasteiger partial charge >= 0.3 is 5.97 Å². The van der Waals surface area contributed by atoms with Crippen LogP contribution < -0.4 is 0 Å². The van der Waals surface area contributed by atoms with Crippen LogP contribution in [0.5, 0.6) is 0 Å². The van der Waals surface area contributed by atoms with E-state index in [2.05, 4.69) is 0 Å². The van der Waals surface area contributed by atoms with Gasteiger partial charge in [-0.15, -0.1) is 0 Å². The van der Waals surface area contributed by atoms with Crippen LogP contribution in [0.2, 0.25) is 0 Å². The summed E-state index contributed by atoms with van der Waals surface area (Å²) in [5, 5.41) is 0. The fourth-order valence-electron chi connectivity index (χ4n) is 3.17. The van der Waals surface area contributed by atoms with E-state index in [4.69, 9.17) is 14.2 Å². The van der Waals surface area contributed by atoms with Gasteiger partial charge in [0, 0.05) is 0 Å². The van der Waals surface area contributed by atoms with Crippen molar-refractivity contribution in [1.29, 1.82) is 0 Å². The van der Waals surface area contributed by atoms with Crippen molar-refractivity contribution in [3.05, 3.63) is 35.9 Å². The number of ether oxygens (including phenoxy) is 3. The number of esters is 1. The molecule has 0 amide bonds. The Morgan fingerprint density at radius 1 is 1.40 bits per heavy atom. The van der Waals surface area contributed by atoms with Gasteiger partial charge in [-0.3, -0.25) is 4.79 Å². The second-order valence-corrected chi connectivity index (χ2v) is 5.61. The highest BCUT2D eigenvalue weighted by Gasteiger charge is 2.61. The summed E-state index contributed by atoms with van der Waals surface area (Å²) in [4.78, 5) is 12.2. The number of fused-ring (bicyclic) bond motifs is 1. The van der Waals surface area contributed by atoms with Gasteiger partial charge in [-0.2, -0.15) is 0 Å². The minimum absolute atomic E-state index is 0.0144. The van der Waals surface area contributed by atoms with Crippen LogP contribution >= 0.6 is 0 Å². The van der Waals surface area contributed by atoms with Gasteiger partial charge < -0.3 is 14.2 Å². The number of rotatable bonds is 5. The number of hydrogen-bond acceptors (Lipinski definition) is 4. The Morgan fingerprint density at radius 3 is 2.95 bits per heavy atom. The monoisotopic (exact) mass is 276 g/mol. The number of epoxide rings is 1. The first-order valence-electron chi connectivity index (χ1n) is 7.12. The maximum Gasteiger partial charge on any atom is 0.316 e. The van der Waals surface area contributed by atoms with Gasteiger partial charge in [-0.1, -0.05) is 30.3 Å². The number of benzene rings is 1. The molecule has 1 aliphatic heterocycles. The molecule has 0 N–H and O–H groups in total. The van der Waals surface area contributed by atoms with E-state index in [0.29, 0.717) is 13.2 Å². The number of methoxy groups -OCH3 is 1. The zero-order valence-electron chi connectivity index (χ0n) is 11.7. The molecule has 2 fully saturated rings. The fourth-order valence-corrected chi connectivity index (χ4v) is 3.17. The SMILES string of the molecule is COC(=O)[C@]1(COCc2ccccc2)CCC[C@H]2O[C@@H]21. The Balaban J connectivity index is 1.64. The van der Waals surface area contributed by atoms with E-state index >= 15 is 0 Å². The van der Waals surface area contributed by atoms with Crippen molar-refractivity contribution in [3.8, 4) is 0 Å². The van der Waals surface area contributed by atoms with Crippen LogP contribution in [0, 0.1) is 5.41 Å². The maximum absolute atomic E-state index is 12.2. The molecule has 108 valence electrons. The number of carbonyl (C=O) groups is 1. The van der Waals surface area contributed by atoms with Gasteiger partial charge in [-0.25, -0.2) is 0 Å². The molecule has 0 aromatic heterocycles. The van der Waals surface area contributed by atoms with Gasteiger partial charge in [0.25, 0.3) is 0 Å².